The van der Waals surface area contributed by atoms with Gasteiger partial charge in [0, 0.05) is 32.1 Å². The molecule has 0 saturated heterocycles. The predicted molar refractivity (Wildman–Crippen MR) is 115 cm³/mol. The van der Waals surface area contributed by atoms with Crippen LogP contribution in [0.3, 0.4) is 0 Å². The number of benzene rings is 2. The smallest absolute Gasteiger partial charge is 0.344 e. The summed E-state index contributed by atoms with van der Waals surface area (Å²) in [5.41, 5.74) is 3.20. The molecule has 0 N–H and O–H groups in total. The number of rotatable bonds is 7. The van der Waals surface area contributed by atoms with Crippen LogP contribution >= 0.6 is 27.5 Å². The summed E-state index contributed by atoms with van der Waals surface area (Å²) in [5, 5.41) is 0.575. The monoisotopic (exact) mass is 475 g/mol. The molecule has 3 rings (SSSR count). The molecule has 150 valence electrons. The molecular formula is C22H19BrClNO4. The minimum atomic E-state index is -0.616. The molecular weight excluding hydrogens is 458 g/mol. The van der Waals surface area contributed by atoms with Crippen LogP contribution in [0, 0.1) is 13.8 Å². The summed E-state index contributed by atoms with van der Waals surface area (Å²) >= 11 is 9.22. The minimum absolute atomic E-state index is 0.263. The van der Waals surface area contributed by atoms with E-state index in [0.29, 0.717) is 16.3 Å². The van der Waals surface area contributed by atoms with Crippen LogP contribution in [-0.2, 0) is 9.53 Å². The van der Waals surface area contributed by atoms with Crippen molar-refractivity contribution in [3.63, 3.8) is 0 Å². The van der Waals surface area contributed by atoms with Gasteiger partial charge in [0.05, 0.1) is 0 Å². The Morgan fingerprint density at radius 2 is 1.66 bits per heavy atom. The van der Waals surface area contributed by atoms with E-state index in [1.807, 2.05) is 42.7 Å². The average molecular weight is 477 g/mol. The van der Waals surface area contributed by atoms with Crippen LogP contribution < -0.4 is 4.74 Å². The Balaban J connectivity index is 1.60. The second-order valence-corrected chi connectivity index (χ2v) is 7.78. The van der Waals surface area contributed by atoms with Gasteiger partial charge in [-0.3, -0.25) is 4.79 Å². The Bertz CT molecular complexity index is 1030. The molecule has 7 heteroatoms. The Kier molecular flexibility index (Phi) is 6.77. The van der Waals surface area contributed by atoms with E-state index in [2.05, 4.69) is 15.9 Å². The van der Waals surface area contributed by atoms with Gasteiger partial charge >= 0.3 is 5.97 Å². The molecule has 0 aliphatic carbocycles. The van der Waals surface area contributed by atoms with Gasteiger partial charge in [-0.15, -0.1) is 0 Å². The van der Waals surface area contributed by atoms with Crippen molar-refractivity contribution >= 4 is 39.3 Å². The number of carbonyl (C=O) groups is 2. The number of esters is 1. The van der Waals surface area contributed by atoms with Crippen molar-refractivity contribution in [2.45, 2.75) is 13.8 Å². The van der Waals surface area contributed by atoms with E-state index >= 15 is 0 Å². The first-order valence-corrected chi connectivity index (χ1v) is 10.0. The Morgan fingerprint density at radius 1 is 1.00 bits per heavy atom. The zero-order chi connectivity index (χ0) is 21.0. The molecule has 0 aliphatic heterocycles. The molecule has 0 saturated carbocycles. The summed E-state index contributed by atoms with van der Waals surface area (Å²) in [6.45, 7) is 3.17. The second-order valence-electron chi connectivity index (χ2n) is 6.42. The summed E-state index contributed by atoms with van der Waals surface area (Å²) in [5.74, 6) is -0.382. The highest BCUT2D eigenvalue weighted by Crippen LogP contribution is 2.23. The van der Waals surface area contributed by atoms with Crippen molar-refractivity contribution in [2.24, 2.45) is 0 Å². The van der Waals surface area contributed by atoms with Gasteiger partial charge in [-0.2, -0.15) is 0 Å². The lowest BCUT2D eigenvalue weighted by Gasteiger charge is -2.10. The molecule has 0 amide bonds. The van der Waals surface area contributed by atoms with Crippen LogP contribution in [-0.4, -0.2) is 29.5 Å². The molecule has 2 aromatic carbocycles. The van der Waals surface area contributed by atoms with E-state index in [-0.39, 0.29) is 19.0 Å². The number of carbonyl (C=O) groups excluding carboxylic acids is 2. The molecule has 0 spiro atoms. The maximum Gasteiger partial charge on any atom is 0.344 e. The highest BCUT2D eigenvalue weighted by Gasteiger charge is 2.18. The molecule has 1 heterocycles. The normalized spacial score (nSPS) is 10.6. The predicted octanol–water partition coefficient (Wildman–Crippen LogP) is 5.31. The van der Waals surface area contributed by atoms with Crippen LogP contribution in [0.15, 0.2) is 59.1 Å². The third-order valence-electron chi connectivity index (χ3n) is 4.35. The first-order chi connectivity index (χ1) is 13.8. The van der Waals surface area contributed by atoms with Gasteiger partial charge in [0.1, 0.15) is 5.75 Å². The number of ketones is 1. The number of aryl methyl sites for hydroxylation is 1. The zero-order valence-electron chi connectivity index (χ0n) is 15.9. The average Bonchev–Trinajstić information content (AvgIpc) is 3.00. The highest BCUT2D eigenvalue weighted by atomic mass is 79.9. The van der Waals surface area contributed by atoms with Gasteiger partial charge in [0.15, 0.2) is 13.2 Å². The van der Waals surface area contributed by atoms with E-state index in [1.165, 1.54) is 0 Å². The fourth-order valence-electron chi connectivity index (χ4n) is 2.97. The number of hydrogen-bond acceptors (Lipinski definition) is 4. The summed E-state index contributed by atoms with van der Waals surface area (Å²) in [4.78, 5) is 24.5. The van der Waals surface area contributed by atoms with Crippen molar-refractivity contribution < 1.29 is 19.1 Å². The van der Waals surface area contributed by atoms with Gasteiger partial charge in [-0.25, -0.2) is 4.79 Å². The first-order valence-electron chi connectivity index (χ1n) is 8.87. The van der Waals surface area contributed by atoms with Crippen molar-refractivity contribution in [2.75, 3.05) is 13.2 Å². The van der Waals surface area contributed by atoms with Gasteiger partial charge < -0.3 is 14.0 Å². The zero-order valence-corrected chi connectivity index (χ0v) is 18.3. The van der Waals surface area contributed by atoms with Crippen LogP contribution in [0.25, 0.3) is 5.69 Å². The maximum absolute atomic E-state index is 12.6. The van der Waals surface area contributed by atoms with Gasteiger partial charge in [-0.1, -0.05) is 27.5 Å². The Hall–Kier alpha value is -2.57. The van der Waals surface area contributed by atoms with Crippen molar-refractivity contribution in [1.29, 1.82) is 0 Å². The van der Waals surface area contributed by atoms with E-state index in [4.69, 9.17) is 21.1 Å². The van der Waals surface area contributed by atoms with Crippen LogP contribution in [0.4, 0.5) is 0 Å². The summed E-state index contributed by atoms with van der Waals surface area (Å²) in [6, 6.07) is 16.2. The number of hydrogen-bond donors (Lipinski definition) is 0. The van der Waals surface area contributed by atoms with Crippen LogP contribution in [0.2, 0.25) is 5.02 Å². The Labute approximate surface area is 182 Å². The summed E-state index contributed by atoms with van der Waals surface area (Å²) < 4.78 is 13.4. The molecule has 0 radical (unpaired) electrons. The molecule has 0 bridgehead atoms. The fourth-order valence-corrected chi connectivity index (χ4v) is 3.36. The molecule has 5 nitrogen and oxygen atoms in total. The lowest BCUT2D eigenvalue weighted by molar-refractivity contribution is -0.144. The van der Waals surface area contributed by atoms with Crippen molar-refractivity contribution in [3.05, 3.63) is 81.0 Å². The molecule has 3 aromatic rings. The van der Waals surface area contributed by atoms with Gasteiger partial charge in [0.25, 0.3) is 0 Å². The third kappa shape index (κ3) is 5.28. The molecule has 1 aromatic heterocycles. The maximum atomic E-state index is 12.6. The van der Waals surface area contributed by atoms with Gasteiger partial charge in [0.2, 0.25) is 5.78 Å². The largest absolute Gasteiger partial charge is 0.482 e. The molecule has 29 heavy (non-hydrogen) atoms. The Morgan fingerprint density at radius 3 is 2.31 bits per heavy atom. The lowest BCUT2D eigenvalue weighted by atomic mass is 10.1. The highest BCUT2D eigenvalue weighted by molar-refractivity contribution is 9.10. The van der Waals surface area contributed by atoms with E-state index < -0.39 is 5.97 Å². The first kappa shape index (κ1) is 21.1. The topological polar surface area (TPSA) is 57.5 Å². The van der Waals surface area contributed by atoms with Crippen molar-refractivity contribution in [3.8, 4) is 11.4 Å². The molecule has 0 unspecified atom stereocenters. The number of ether oxygens (including phenoxy) is 2. The van der Waals surface area contributed by atoms with Crippen LogP contribution in [0.5, 0.6) is 5.75 Å². The molecule has 0 atom stereocenters. The lowest BCUT2D eigenvalue weighted by Crippen LogP contribution is -2.19. The molecule has 0 fully saturated rings. The second kappa shape index (κ2) is 9.29. The van der Waals surface area contributed by atoms with Crippen molar-refractivity contribution in [1.82, 2.24) is 4.57 Å². The molecule has 0 aliphatic rings. The minimum Gasteiger partial charge on any atom is -0.482 e. The number of halogens is 2. The SMILES string of the molecule is Cc1cc(C(=O)COC(=O)COc2ccc(Cl)cc2)c(C)n1-c1ccc(Br)cc1. The number of Topliss-reactive ketones (excluding diaryl/α,β-unsaturated/α-hetero) is 1. The van der Waals surface area contributed by atoms with Gasteiger partial charge in [-0.05, 0) is 68.4 Å². The third-order valence-corrected chi connectivity index (χ3v) is 5.13. The van der Waals surface area contributed by atoms with E-state index in [0.717, 1.165) is 21.5 Å². The summed E-state index contributed by atoms with van der Waals surface area (Å²) in [6.07, 6.45) is 0. The number of nitrogens with zero attached hydrogens (tertiary/aromatic N) is 1. The van der Waals surface area contributed by atoms with E-state index in [1.54, 1.807) is 30.3 Å². The van der Waals surface area contributed by atoms with E-state index in [9.17, 15) is 9.59 Å². The number of aromatic nitrogens is 1. The summed E-state index contributed by atoms with van der Waals surface area (Å²) in [7, 11) is 0. The fraction of sp³-hybridized carbons (Fsp3) is 0.182. The quantitative estimate of drug-likeness (QED) is 0.342. The van der Waals surface area contributed by atoms with Crippen LogP contribution in [0.1, 0.15) is 21.7 Å². The standard InChI is InChI=1S/C22H19BrClNO4/c1-14-11-20(15(2)25(14)18-7-3-16(23)4-8-18)21(26)12-29-22(27)13-28-19-9-5-17(24)6-10-19/h3-11H,12-13H2,1-2H3.